The highest BCUT2D eigenvalue weighted by Gasteiger charge is 2.22. The second-order valence-electron chi connectivity index (χ2n) is 6.98. The minimum atomic E-state index is -1.01. The standard InChI is InChI=1S/C22H22O5S/c1-13-11-19-17(12-18(13)25-2)20(21(28-19)22(23)24)27-16-9-7-15(8-10-16)26-14-5-3-4-6-14/h7-12,14H,3-6H2,1-2H3,(H,23,24). The molecule has 0 radical (unpaired) electrons. The summed E-state index contributed by atoms with van der Waals surface area (Å²) < 4.78 is 18.2. The molecule has 0 spiro atoms. The van der Waals surface area contributed by atoms with Crippen LogP contribution in [0.25, 0.3) is 10.1 Å². The highest BCUT2D eigenvalue weighted by molar-refractivity contribution is 7.21. The van der Waals surface area contributed by atoms with E-state index in [-0.39, 0.29) is 4.88 Å². The second-order valence-corrected chi connectivity index (χ2v) is 8.03. The van der Waals surface area contributed by atoms with Gasteiger partial charge in [-0.05, 0) is 74.6 Å². The number of carboxylic acids is 1. The molecule has 0 bridgehead atoms. The molecule has 1 aliphatic rings. The molecular formula is C22H22O5S. The van der Waals surface area contributed by atoms with Crippen LogP contribution in [0.3, 0.4) is 0 Å². The number of rotatable bonds is 6. The summed E-state index contributed by atoms with van der Waals surface area (Å²) in [6, 6.07) is 11.1. The van der Waals surface area contributed by atoms with E-state index in [1.807, 2.05) is 43.3 Å². The van der Waals surface area contributed by atoms with Crippen molar-refractivity contribution >= 4 is 27.4 Å². The maximum absolute atomic E-state index is 11.7. The molecule has 0 saturated heterocycles. The normalized spacial score (nSPS) is 14.4. The first kappa shape index (κ1) is 18.6. The number of ether oxygens (including phenoxy) is 3. The monoisotopic (exact) mass is 398 g/mol. The van der Waals surface area contributed by atoms with E-state index < -0.39 is 5.97 Å². The molecule has 5 nitrogen and oxygen atoms in total. The van der Waals surface area contributed by atoms with Gasteiger partial charge >= 0.3 is 5.97 Å². The van der Waals surface area contributed by atoms with Gasteiger partial charge in [0, 0.05) is 10.1 Å². The molecule has 0 unspecified atom stereocenters. The lowest BCUT2D eigenvalue weighted by Crippen LogP contribution is -2.10. The van der Waals surface area contributed by atoms with Gasteiger partial charge < -0.3 is 19.3 Å². The van der Waals surface area contributed by atoms with Crippen molar-refractivity contribution in [2.75, 3.05) is 7.11 Å². The Labute approximate surface area is 167 Å². The largest absolute Gasteiger partial charge is 0.496 e. The molecule has 1 saturated carbocycles. The van der Waals surface area contributed by atoms with Gasteiger partial charge in [0.1, 0.15) is 17.2 Å². The summed E-state index contributed by atoms with van der Waals surface area (Å²) in [5.41, 5.74) is 0.952. The molecule has 0 aliphatic heterocycles. The fraction of sp³-hybridized carbons (Fsp3) is 0.318. The Bertz CT molecular complexity index is 1000. The van der Waals surface area contributed by atoms with E-state index in [4.69, 9.17) is 14.2 Å². The first-order chi connectivity index (χ1) is 13.5. The molecular weight excluding hydrogens is 376 g/mol. The predicted molar refractivity (Wildman–Crippen MR) is 109 cm³/mol. The van der Waals surface area contributed by atoms with Gasteiger partial charge in [0.25, 0.3) is 0 Å². The van der Waals surface area contributed by atoms with Crippen LogP contribution in [0.2, 0.25) is 0 Å². The van der Waals surface area contributed by atoms with Gasteiger partial charge in [-0.2, -0.15) is 0 Å². The highest BCUT2D eigenvalue weighted by Crippen LogP contribution is 2.43. The molecule has 0 amide bonds. The Hall–Kier alpha value is -2.73. The van der Waals surface area contributed by atoms with Crippen LogP contribution in [0, 0.1) is 6.92 Å². The van der Waals surface area contributed by atoms with Crippen LogP contribution < -0.4 is 14.2 Å². The molecule has 6 heteroatoms. The van der Waals surface area contributed by atoms with Crippen LogP contribution in [0.4, 0.5) is 0 Å². The summed E-state index contributed by atoms with van der Waals surface area (Å²) in [5.74, 6) is 1.42. The smallest absolute Gasteiger partial charge is 0.349 e. The van der Waals surface area contributed by atoms with Crippen LogP contribution in [0.5, 0.6) is 23.0 Å². The van der Waals surface area contributed by atoms with Crippen molar-refractivity contribution in [1.29, 1.82) is 0 Å². The molecule has 1 fully saturated rings. The molecule has 1 N–H and O–H groups in total. The summed E-state index contributed by atoms with van der Waals surface area (Å²) in [5, 5.41) is 10.4. The zero-order valence-electron chi connectivity index (χ0n) is 15.9. The van der Waals surface area contributed by atoms with E-state index in [2.05, 4.69) is 0 Å². The van der Waals surface area contributed by atoms with E-state index in [1.54, 1.807) is 7.11 Å². The van der Waals surface area contributed by atoms with Crippen LogP contribution >= 0.6 is 11.3 Å². The summed E-state index contributed by atoms with van der Waals surface area (Å²) in [6.07, 6.45) is 4.93. The van der Waals surface area contributed by atoms with Crippen molar-refractivity contribution < 1.29 is 24.1 Å². The maximum Gasteiger partial charge on any atom is 0.349 e. The lowest BCUT2D eigenvalue weighted by atomic mass is 10.1. The number of aromatic carboxylic acids is 1. The Morgan fingerprint density at radius 3 is 2.43 bits per heavy atom. The zero-order chi connectivity index (χ0) is 19.7. The first-order valence-electron chi connectivity index (χ1n) is 9.34. The third kappa shape index (κ3) is 3.64. The van der Waals surface area contributed by atoms with Gasteiger partial charge in [-0.25, -0.2) is 4.79 Å². The molecule has 1 heterocycles. The molecule has 3 aromatic rings. The number of hydrogen-bond donors (Lipinski definition) is 1. The number of carboxylic acid groups (broad SMARTS) is 1. The van der Waals surface area contributed by atoms with E-state index in [1.165, 1.54) is 24.2 Å². The minimum Gasteiger partial charge on any atom is -0.496 e. The lowest BCUT2D eigenvalue weighted by molar-refractivity contribution is 0.0700. The van der Waals surface area contributed by atoms with Crippen LogP contribution in [-0.4, -0.2) is 24.3 Å². The SMILES string of the molecule is COc1cc2c(Oc3ccc(OC4CCCC4)cc3)c(C(=O)O)sc2cc1C. The summed E-state index contributed by atoms with van der Waals surface area (Å²) in [7, 11) is 1.60. The van der Waals surface area contributed by atoms with Crippen molar-refractivity contribution in [2.45, 2.75) is 38.7 Å². The minimum absolute atomic E-state index is 0.175. The first-order valence-corrected chi connectivity index (χ1v) is 10.2. The van der Waals surface area contributed by atoms with Gasteiger partial charge in [-0.3, -0.25) is 0 Å². The van der Waals surface area contributed by atoms with E-state index in [0.29, 0.717) is 23.4 Å². The average molecular weight is 398 g/mol. The quantitative estimate of drug-likeness (QED) is 0.549. The number of aryl methyl sites for hydroxylation is 1. The topological polar surface area (TPSA) is 65.0 Å². The van der Waals surface area contributed by atoms with Crippen LogP contribution in [0.15, 0.2) is 36.4 Å². The highest BCUT2D eigenvalue weighted by atomic mass is 32.1. The van der Waals surface area contributed by atoms with Crippen molar-refractivity contribution in [2.24, 2.45) is 0 Å². The number of methoxy groups -OCH3 is 1. The van der Waals surface area contributed by atoms with E-state index in [9.17, 15) is 9.90 Å². The Morgan fingerprint density at radius 2 is 1.79 bits per heavy atom. The van der Waals surface area contributed by atoms with Gasteiger partial charge in [0.05, 0.1) is 13.2 Å². The van der Waals surface area contributed by atoms with Crippen molar-refractivity contribution in [3.63, 3.8) is 0 Å². The van der Waals surface area contributed by atoms with E-state index in [0.717, 1.165) is 34.2 Å². The Morgan fingerprint density at radius 1 is 1.11 bits per heavy atom. The number of carbonyl (C=O) groups is 1. The zero-order valence-corrected chi connectivity index (χ0v) is 16.7. The summed E-state index contributed by atoms with van der Waals surface area (Å²) >= 11 is 1.20. The third-order valence-corrected chi connectivity index (χ3v) is 6.12. The molecule has 1 aliphatic carbocycles. The Kier molecular flexibility index (Phi) is 5.13. The number of fused-ring (bicyclic) bond motifs is 1. The van der Waals surface area contributed by atoms with Gasteiger partial charge in [-0.15, -0.1) is 11.3 Å². The molecule has 146 valence electrons. The average Bonchev–Trinajstić information content (AvgIpc) is 3.30. The maximum atomic E-state index is 11.7. The van der Waals surface area contributed by atoms with Gasteiger partial charge in [0.2, 0.25) is 0 Å². The van der Waals surface area contributed by atoms with Crippen molar-refractivity contribution in [1.82, 2.24) is 0 Å². The van der Waals surface area contributed by atoms with Crippen LogP contribution in [-0.2, 0) is 0 Å². The third-order valence-electron chi connectivity index (χ3n) is 5.00. The molecule has 4 rings (SSSR count). The number of hydrogen-bond acceptors (Lipinski definition) is 5. The van der Waals surface area contributed by atoms with Gasteiger partial charge in [-0.1, -0.05) is 0 Å². The second kappa shape index (κ2) is 7.72. The predicted octanol–water partition coefficient (Wildman–Crippen LogP) is 6.03. The summed E-state index contributed by atoms with van der Waals surface area (Å²) in [6.45, 7) is 1.93. The molecule has 1 aromatic heterocycles. The van der Waals surface area contributed by atoms with Gasteiger partial charge in [0.15, 0.2) is 10.6 Å². The van der Waals surface area contributed by atoms with Crippen molar-refractivity contribution in [3.8, 4) is 23.0 Å². The molecule has 0 atom stereocenters. The summed E-state index contributed by atoms with van der Waals surface area (Å²) in [4.78, 5) is 11.9. The molecule has 28 heavy (non-hydrogen) atoms. The van der Waals surface area contributed by atoms with Crippen LogP contribution in [0.1, 0.15) is 40.9 Å². The Balaban J connectivity index is 1.64. The lowest BCUT2D eigenvalue weighted by Gasteiger charge is -2.13. The fourth-order valence-electron chi connectivity index (χ4n) is 3.57. The number of benzene rings is 2. The molecule has 2 aromatic carbocycles. The van der Waals surface area contributed by atoms with E-state index >= 15 is 0 Å². The fourth-order valence-corrected chi connectivity index (χ4v) is 4.62. The number of thiophene rings is 1. The van der Waals surface area contributed by atoms with Crippen molar-refractivity contribution in [3.05, 3.63) is 46.8 Å².